The van der Waals surface area contributed by atoms with E-state index < -0.39 is 6.04 Å². The van der Waals surface area contributed by atoms with E-state index in [1.165, 1.54) is 0 Å². The zero-order valence-corrected chi connectivity index (χ0v) is 16.7. The third-order valence-corrected chi connectivity index (χ3v) is 5.06. The van der Waals surface area contributed by atoms with Gasteiger partial charge in [0, 0.05) is 31.8 Å². The Morgan fingerprint density at radius 3 is 2.89 bits per heavy atom. The highest BCUT2D eigenvalue weighted by atomic mass is 16.5. The molecule has 3 rings (SSSR count). The smallest absolute Gasteiger partial charge is 0.276 e. The maximum atomic E-state index is 13.0. The molecule has 0 aliphatic carbocycles. The molecule has 0 bridgehead atoms. The van der Waals surface area contributed by atoms with Crippen LogP contribution in [0.15, 0.2) is 28.8 Å². The number of likely N-dealkylation sites (tertiary alicyclic amines) is 1. The van der Waals surface area contributed by atoms with Crippen molar-refractivity contribution in [2.24, 2.45) is 0 Å². The van der Waals surface area contributed by atoms with E-state index in [1.807, 2.05) is 32.0 Å². The highest BCUT2D eigenvalue weighted by Gasteiger charge is 2.33. The number of carbonyl (C=O) groups is 2. The summed E-state index contributed by atoms with van der Waals surface area (Å²) in [6, 6.07) is 7.23. The average molecular weight is 385 g/mol. The van der Waals surface area contributed by atoms with Crippen molar-refractivity contribution in [2.75, 3.05) is 26.8 Å². The van der Waals surface area contributed by atoms with Crippen molar-refractivity contribution in [1.82, 2.24) is 15.4 Å². The molecule has 150 valence electrons. The number of hydrogen-bond acceptors (Lipinski definition) is 5. The molecule has 0 saturated carbocycles. The molecule has 2 aromatic rings. The molecular formula is C21H27N3O4. The Labute approximate surface area is 165 Å². The van der Waals surface area contributed by atoms with E-state index in [2.05, 4.69) is 10.5 Å². The molecular weight excluding hydrogens is 358 g/mol. The minimum Gasteiger partial charge on any atom is -0.383 e. The second-order valence-electron chi connectivity index (χ2n) is 7.19. The van der Waals surface area contributed by atoms with Gasteiger partial charge in [0.25, 0.3) is 5.91 Å². The Morgan fingerprint density at radius 2 is 2.11 bits per heavy atom. The first-order valence-electron chi connectivity index (χ1n) is 9.63. The molecule has 1 atom stereocenters. The van der Waals surface area contributed by atoms with Gasteiger partial charge in [0.2, 0.25) is 5.91 Å². The third kappa shape index (κ3) is 4.42. The summed E-state index contributed by atoms with van der Waals surface area (Å²) in [7, 11) is 1.58. The van der Waals surface area contributed by atoms with E-state index >= 15 is 0 Å². The summed E-state index contributed by atoms with van der Waals surface area (Å²) >= 11 is 0. The second kappa shape index (κ2) is 9.01. The molecule has 7 nitrogen and oxygen atoms in total. The molecule has 2 amide bonds. The van der Waals surface area contributed by atoms with Crippen LogP contribution < -0.4 is 5.32 Å². The lowest BCUT2D eigenvalue weighted by molar-refractivity contribution is -0.126. The van der Waals surface area contributed by atoms with E-state index in [1.54, 1.807) is 18.1 Å². The Kier molecular flexibility index (Phi) is 6.46. The summed E-state index contributed by atoms with van der Waals surface area (Å²) in [5.74, 6) is 0.137. The van der Waals surface area contributed by atoms with Crippen molar-refractivity contribution in [3.8, 4) is 11.3 Å². The maximum Gasteiger partial charge on any atom is 0.276 e. The number of hydrogen-bond donors (Lipinski definition) is 1. The number of benzene rings is 1. The number of piperidine rings is 1. The van der Waals surface area contributed by atoms with Gasteiger partial charge in [0.1, 0.15) is 6.04 Å². The predicted molar refractivity (Wildman–Crippen MR) is 105 cm³/mol. The summed E-state index contributed by atoms with van der Waals surface area (Å²) in [4.78, 5) is 27.2. The number of ether oxygens (including phenoxy) is 1. The number of rotatable bonds is 6. The van der Waals surface area contributed by atoms with Crippen LogP contribution in [-0.2, 0) is 9.53 Å². The Morgan fingerprint density at radius 1 is 1.29 bits per heavy atom. The van der Waals surface area contributed by atoms with Gasteiger partial charge in [-0.25, -0.2) is 0 Å². The van der Waals surface area contributed by atoms with E-state index in [-0.39, 0.29) is 17.5 Å². The normalized spacial score (nSPS) is 16.8. The van der Waals surface area contributed by atoms with Crippen LogP contribution in [0.3, 0.4) is 0 Å². The molecule has 1 saturated heterocycles. The first-order valence-corrected chi connectivity index (χ1v) is 9.63. The predicted octanol–water partition coefficient (Wildman–Crippen LogP) is 2.72. The molecule has 1 aliphatic rings. The van der Waals surface area contributed by atoms with Gasteiger partial charge in [-0.2, -0.15) is 0 Å². The average Bonchev–Trinajstić information content (AvgIpc) is 3.19. The number of carbonyl (C=O) groups excluding carboxylic acids is 2. The van der Waals surface area contributed by atoms with Crippen molar-refractivity contribution in [3.05, 3.63) is 41.1 Å². The van der Waals surface area contributed by atoms with Crippen molar-refractivity contribution < 1.29 is 18.8 Å². The van der Waals surface area contributed by atoms with Gasteiger partial charge < -0.3 is 19.5 Å². The minimum atomic E-state index is -0.487. The van der Waals surface area contributed by atoms with Crippen LogP contribution in [0.4, 0.5) is 0 Å². The largest absolute Gasteiger partial charge is 0.383 e. The molecule has 0 spiro atoms. The van der Waals surface area contributed by atoms with Crippen molar-refractivity contribution in [2.45, 2.75) is 39.2 Å². The minimum absolute atomic E-state index is 0.150. The maximum absolute atomic E-state index is 13.0. The van der Waals surface area contributed by atoms with Crippen molar-refractivity contribution in [1.29, 1.82) is 0 Å². The Bertz CT molecular complexity index is 846. The topological polar surface area (TPSA) is 84.7 Å². The number of nitrogens with one attached hydrogen (secondary N) is 1. The highest BCUT2D eigenvalue weighted by Crippen LogP contribution is 2.27. The van der Waals surface area contributed by atoms with Gasteiger partial charge in [-0.15, -0.1) is 0 Å². The SMILES string of the molecule is COCCNC(=O)[C@H]1CCCCN1C(=O)c1cc(-c2cc(C)ccc2C)on1. The zero-order chi connectivity index (χ0) is 20.1. The van der Waals surface area contributed by atoms with Gasteiger partial charge in [-0.1, -0.05) is 22.9 Å². The number of aromatic nitrogens is 1. The summed E-state index contributed by atoms with van der Waals surface area (Å²) < 4.78 is 10.4. The molecule has 0 unspecified atom stereocenters. The van der Waals surface area contributed by atoms with Crippen molar-refractivity contribution >= 4 is 11.8 Å². The van der Waals surface area contributed by atoms with Gasteiger partial charge in [-0.05, 0) is 44.7 Å². The Balaban J connectivity index is 1.77. The van der Waals surface area contributed by atoms with Crippen LogP contribution >= 0.6 is 0 Å². The monoisotopic (exact) mass is 385 g/mol. The van der Waals surface area contributed by atoms with E-state index in [0.29, 0.717) is 31.9 Å². The van der Waals surface area contributed by atoms with Crippen LogP contribution in [0.1, 0.15) is 40.9 Å². The molecule has 1 aromatic carbocycles. The molecule has 28 heavy (non-hydrogen) atoms. The quantitative estimate of drug-likeness (QED) is 0.773. The molecule has 1 aromatic heterocycles. The van der Waals surface area contributed by atoms with Crippen LogP contribution in [0.25, 0.3) is 11.3 Å². The van der Waals surface area contributed by atoms with Crippen LogP contribution in [0.2, 0.25) is 0 Å². The van der Waals surface area contributed by atoms with Gasteiger partial charge in [-0.3, -0.25) is 9.59 Å². The first-order chi connectivity index (χ1) is 13.5. The second-order valence-corrected chi connectivity index (χ2v) is 7.19. The standard InChI is InChI=1S/C21H27N3O4/c1-14-7-8-15(2)16(12-14)19-13-17(23-28-19)21(26)24-10-5-4-6-18(24)20(25)22-9-11-27-3/h7-8,12-13,18H,4-6,9-11H2,1-3H3,(H,22,25)/t18-/m1/s1. The summed E-state index contributed by atoms with van der Waals surface area (Å²) in [6.07, 6.45) is 2.43. The highest BCUT2D eigenvalue weighted by molar-refractivity contribution is 5.97. The summed E-state index contributed by atoms with van der Waals surface area (Å²) in [6.45, 7) is 5.39. The molecule has 2 heterocycles. The third-order valence-electron chi connectivity index (χ3n) is 5.06. The van der Waals surface area contributed by atoms with E-state index in [4.69, 9.17) is 9.26 Å². The van der Waals surface area contributed by atoms with Crippen molar-refractivity contribution in [3.63, 3.8) is 0 Å². The van der Waals surface area contributed by atoms with E-state index in [9.17, 15) is 9.59 Å². The number of nitrogens with zero attached hydrogens (tertiary/aromatic N) is 2. The zero-order valence-electron chi connectivity index (χ0n) is 16.7. The summed E-state index contributed by atoms with van der Waals surface area (Å²) in [5.41, 5.74) is 3.30. The van der Waals surface area contributed by atoms with E-state index in [0.717, 1.165) is 29.5 Å². The fourth-order valence-corrected chi connectivity index (χ4v) is 3.49. The van der Waals surface area contributed by atoms with Crippen LogP contribution in [0.5, 0.6) is 0 Å². The first kappa shape index (κ1) is 20.1. The molecule has 7 heteroatoms. The Hall–Kier alpha value is -2.67. The molecule has 1 fully saturated rings. The lowest BCUT2D eigenvalue weighted by Gasteiger charge is -2.34. The lowest BCUT2D eigenvalue weighted by atomic mass is 10.0. The number of amides is 2. The number of aryl methyl sites for hydroxylation is 2. The van der Waals surface area contributed by atoms with Crippen LogP contribution in [-0.4, -0.2) is 54.7 Å². The fraction of sp³-hybridized carbons (Fsp3) is 0.476. The summed E-state index contributed by atoms with van der Waals surface area (Å²) in [5, 5.41) is 6.82. The van der Waals surface area contributed by atoms with Gasteiger partial charge in [0.15, 0.2) is 11.5 Å². The fourth-order valence-electron chi connectivity index (χ4n) is 3.49. The van der Waals surface area contributed by atoms with Gasteiger partial charge >= 0.3 is 0 Å². The molecule has 1 aliphatic heterocycles. The lowest BCUT2D eigenvalue weighted by Crippen LogP contribution is -2.52. The molecule has 0 radical (unpaired) electrons. The number of methoxy groups -OCH3 is 1. The van der Waals surface area contributed by atoms with Gasteiger partial charge in [0.05, 0.1) is 6.61 Å². The molecule has 1 N–H and O–H groups in total. The van der Waals surface area contributed by atoms with Crippen LogP contribution in [0, 0.1) is 13.8 Å².